The van der Waals surface area contributed by atoms with E-state index >= 15 is 0 Å². The molecular weight excluding hydrogens is 1190 g/mol. The van der Waals surface area contributed by atoms with Crippen LogP contribution in [0.5, 0.6) is 0 Å². The van der Waals surface area contributed by atoms with E-state index < -0.39 is 97.5 Å². The molecule has 0 spiro atoms. The second-order valence-electron chi connectivity index (χ2n) is 26.6. The van der Waals surface area contributed by atoms with Gasteiger partial charge in [-0.1, -0.05) is 311 Å². The summed E-state index contributed by atoms with van der Waals surface area (Å²) in [5, 5.41) is 10.5. The van der Waals surface area contributed by atoms with Crippen LogP contribution < -0.4 is 0 Å². The smallest absolute Gasteiger partial charge is 0.462 e. The topological polar surface area (TPSA) is 237 Å². The van der Waals surface area contributed by atoms with Gasteiger partial charge < -0.3 is 33.8 Å². The third-order valence-corrected chi connectivity index (χ3v) is 18.4. The van der Waals surface area contributed by atoms with Crippen molar-refractivity contribution in [3.05, 3.63) is 0 Å². The summed E-state index contributed by atoms with van der Waals surface area (Å²) in [6.07, 6.45) is 49.3. The van der Waals surface area contributed by atoms with Crippen LogP contribution in [0.3, 0.4) is 0 Å². The van der Waals surface area contributed by atoms with Gasteiger partial charge in [0.05, 0.1) is 26.4 Å². The van der Waals surface area contributed by atoms with Gasteiger partial charge in [-0.2, -0.15) is 0 Å². The summed E-state index contributed by atoms with van der Waals surface area (Å²) in [7, 11) is -9.88. The molecule has 0 heterocycles. The number of unbranched alkanes of at least 4 members (excludes halogenated alkanes) is 40. The van der Waals surface area contributed by atoms with Crippen molar-refractivity contribution in [1.82, 2.24) is 0 Å². The first-order chi connectivity index (χ1) is 43.4. The van der Waals surface area contributed by atoms with Crippen LogP contribution in [0.15, 0.2) is 0 Å². The van der Waals surface area contributed by atoms with E-state index in [1.165, 1.54) is 161 Å². The van der Waals surface area contributed by atoms with E-state index in [1.807, 2.05) is 0 Å². The van der Waals surface area contributed by atoms with Crippen molar-refractivity contribution in [3.63, 3.8) is 0 Å². The van der Waals surface area contributed by atoms with E-state index in [2.05, 4.69) is 41.5 Å². The highest BCUT2D eigenvalue weighted by atomic mass is 31.2. The quantitative estimate of drug-likeness (QED) is 0.0222. The predicted molar refractivity (Wildman–Crippen MR) is 363 cm³/mol. The zero-order valence-corrected chi connectivity index (χ0v) is 60.2. The van der Waals surface area contributed by atoms with E-state index in [4.69, 9.17) is 37.0 Å². The molecule has 534 valence electrons. The van der Waals surface area contributed by atoms with Crippen molar-refractivity contribution in [3.8, 4) is 0 Å². The Balaban J connectivity index is 5.08. The molecule has 0 bridgehead atoms. The number of aliphatic hydroxyl groups excluding tert-OH is 1. The van der Waals surface area contributed by atoms with Crippen LogP contribution in [0.1, 0.15) is 363 Å². The molecule has 3 N–H and O–H groups in total. The third-order valence-electron chi connectivity index (χ3n) is 16.5. The Labute approximate surface area is 549 Å². The molecule has 0 radical (unpaired) electrons. The molecule has 0 aromatic carbocycles. The van der Waals surface area contributed by atoms with E-state index in [9.17, 15) is 43.2 Å². The molecule has 19 heteroatoms. The zero-order chi connectivity index (χ0) is 66.5. The number of carbonyl (C=O) groups is 4. The lowest BCUT2D eigenvalue weighted by atomic mass is 10.0. The molecule has 0 aliphatic heterocycles. The summed E-state index contributed by atoms with van der Waals surface area (Å²) in [5.74, 6) is -0.520. The highest BCUT2D eigenvalue weighted by Gasteiger charge is 2.30. The fourth-order valence-corrected chi connectivity index (χ4v) is 12.3. The number of rotatable bonds is 70. The Morgan fingerprint density at radius 1 is 0.300 bits per heavy atom. The molecule has 90 heavy (non-hydrogen) atoms. The monoisotopic (exact) mass is 1320 g/mol. The van der Waals surface area contributed by atoms with Crippen LogP contribution in [-0.2, 0) is 65.4 Å². The summed E-state index contributed by atoms with van der Waals surface area (Å²) in [6, 6.07) is 0. The average Bonchev–Trinajstić information content (AvgIpc) is 3.66. The fraction of sp³-hybridized carbons (Fsp3) is 0.944. The Hall–Kier alpha value is -1.94. The van der Waals surface area contributed by atoms with Gasteiger partial charge in [-0.3, -0.25) is 37.3 Å². The molecule has 2 unspecified atom stereocenters. The molecule has 0 aromatic rings. The number of carbonyl (C=O) groups excluding carboxylic acids is 4. The molecular formula is C71H138O17P2. The molecule has 0 fully saturated rings. The summed E-state index contributed by atoms with van der Waals surface area (Å²) in [6.45, 7) is 9.48. The van der Waals surface area contributed by atoms with Crippen molar-refractivity contribution < 1.29 is 80.2 Å². The molecule has 5 atom stereocenters. The standard InChI is InChI=1S/C71H138O17P2/c1-7-9-11-13-34-43-49-55-70(75)87-66(59-81-68(73)53-47-39-12-10-8-2)61-85-89(77,78)83-57-65(72)58-84-90(79,80)86-62-67(60-82-69(74)54-48-42-37-32-28-24-21-20-23-27-31-36-41-46-52-64(5)6)88-71(76)56-50-44-38-33-29-25-19-17-15-14-16-18-22-26-30-35-40-45-51-63(3)4/h63-67,72H,7-62H2,1-6H3,(H,77,78)(H,79,80)/t65-,66+,67+/m0/s1. The van der Waals surface area contributed by atoms with E-state index in [0.29, 0.717) is 25.7 Å². The molecule has 0 aliphatic rings. The first-order valence-electron chi connectivity index (χ1n) is 37.0. The molecule has 0 amide bonds. The van der Waals surface area contributed by atoms with Crippen LogP contribution in [0.2, 0.25) is 0 Å². The fourth-order valence-electron chi connectivity index (χ4n) is 10.8. The Bertz CT molecular complexity index is 1750. The number of esters is 4. The second-order valence-corrected chi connectivity index (χ2v) is 29.5. The average molecular weight is 1330 g/mol. The zero-order valence-electron chi connectivity index (χ0n) is 58.4. The third kappa shape index (κ3) is 64.8. The minimum atomic E-state index is -4.95. The van der Waals surface area contributed by atoms with Crippen molar-refractivity contribution in [1.29, 1.82) is 0 Å². The van der Waals surface area contributed by atoms with Crippen LogP contribution in [0.4, 0.5) is 0 Å². The lowest BCUT2D eigenvalue weighted by molar-refractivity contribution is -0.161. The predicted octanol–water partition coefficient (Wildman–Crippen LogP) is 20.4. The summed E-state index contributed by atoms with van der Waals surface area (Å²) in [4.78, 5) is 72.1. The van der Waals surface area contributed by atoms with Gasteiger partial charge in [0.2, 0.25) is 0 Å². The maximum Gasteiger partial charge on any atom is 0.472 e. The first kappa shape index (κ1) is 88.1. The van der Waals surface area contributed by atoms with Crippen molar-refractivity contribution in [2.24, 2.45) is 11.8 Å². The second kappa shape index (κ2) is 63.1. The lowest BCUT2D eigenvalue weighted by Gasteiger charge is -2.21. The number of ether oxygens (including phenoxy) is 4. The highest BCUT2D eigenvalue weighted by molar-refractivity contribution is 7.47. The molecule has 0 saturated heterocycles. The Kier molecular flexibility index (Phi) is 61.8. The van der Waals surface area contributed by atoms with Crippen LogP contribution >= 0.6 is 15.6 Å². The van der Waals surface area contributed by atoms with E-state index in [0.717, 1.165) is 121 Å². The molecule has 0 aromatic heterocycles. The Morgan fingerprint density at radius 2 is 0.511 bits per heavy atom. The summed E-state index contributed by atoms with van der Waals surface area (Å²) in [5.41, 5.74) is 0. The van der Waals surface area contributed by atoms with Crippen LogP contribution in [-0.4, -0.2) is 96.7 Å². The number of aliphatic hydroxyl groups is 1. The van der Waals surface area contributed by atoms with Crippen molar-refractivity contribution >= 4 is 39.5 Å². The minimum absolute atomic E-state index is 0.103. The largest absolute Gasteiger partial charge is 0.472 e. The Morgan fingerprint density at radius 3 is 0.756 bits per heavy atom. The van der Waals surface area contributed by atoms with Gasteiger partial charge >= 0.3 is 39.5 Å². The van der Waals surface area contributed by atoms with Crippen LogP contribution in [0, 0.1) is 11.8 Å². The highest BCUT2D eigenvalue weighted by Crippen LogP contribution is 2.45. The van der Waals surface area contributed by atoms with Gasteiger partial charge in [0.15, 0.2) is 12.2 Å². The van der Waals surface area contributed by atoms with Gasteiger partial charge in [0, 0.05) is 25.7 Å². The maximum absolute atomic E-state index is 13.0. The van der Waals surface area contributed by atoms with E-state index in [1.54, 1.807) is 0 Å². The van der Waals surface area contributed by atoms with Crippen LogP contribution in [0.25, 0.3) is 0 Å². The molecule has 0 saturated carbocycles. The minimum Gasteiger partial charge on any atom is -0.462 e. The van der Waals surface area contributed by atoms with Gasteiger partial charge in [0.1, 0.15) is 19.3 Å². The number of hydrogen-bond acceptors (Lipinski definition) is 15. The summed E-state index contributed by atoms with van der Waals surface area (Å²) >= 11 is 0. The molecule has 17 nitrogen and oxygen atoms in total. The maximum atomic E-state index is 13.0. The molecule has 0 rings (SSSR count). The first-order valence-corrected chi connectivity index (χ1v) is 40.0. The number of phosphoric ester groups is 2. The van der Waals surface area contributed by atoms with Gasteiger partial charge in [-0.05, 0) is 37.5 Å². The van der Waals surface area contributed by atoms with Crippen molar-refractivity contribution in [2.45, 2.75) is 381 Å². The molecule has 0 aliphatic carbocycles. The summed E-state index contributed by atoms with van der Waals surface area (Å²) < 4.78 is 67.9. The SMILES string of the molecule is CCCCCCCCCC(=O)O[C@H](COC(=O)CCCCCCC)COP(=O)(O)OC[C@H](O)COP(=O)(O)OC[C@@H](COC(=O)CCCCCCCCCCCCCCCCC(C)C)OC(=O)CCCCCCCCCCCCCCCCCCCCC(C)C. The number of phosphoric acid groups is 2. The number of hydrogen-bond donors (Lipinski definition) is 3. The lowest BCUT2D eigenvalue weighted by Crippen LogP contribution is -2.30. The van der Waals surface area contributed by atoms with Gasteiger partial charge in [0.25, 0.3) is 0 Å². The van der Waals surface area contributed by atoms with E-state index in [-0.39, 0.29) is 25.7 Å². The van der Waals surface area contributed by atoms with Gasteiger partial charge in [-0.15, -0.1) is 0 Å². The van der Waals surface area contributed by atoms with Gasteiger partial charge in [-0.25, -0.2) is 9.13 Å². The van der Waals surface area contributed by atoms with Crippen molar-refractivity contribution in [2.75, 3.05) is 39.6 Å². The normalized spacial score (nSPS) is 14.1.